The van der Waals surface area contributed by atoms with Crippen molar-refractivity contribution in [2.75, 3.05) is 7.11 Å². The van der Waals surface area contributed by atoms with Crippen LogP contribution in [-0.2, 0) is 0 Å². The fourth-order valence-electron chi connectivity index (χ4n) is 1.36. The standard InChI is InChI=1S/C12H10FNO/c1-15-12-7-11(13)10(8-14-12)9-5-3-2-4-6-9/h2-8H,1H3. The van der Waals surface area contributed by atoms with Gasteiger partial charge in [0.05, 0.1) is 7.11 Å². The third kappa shape index (κ3) is 1.96. The lowest BCUT2D eigenvalue weighted by atomic mass is 10.1. The van der Waals surface area contributed by atoms with E-state index in [1.54, 1.807) is 0 Å². The van der Waals surface area contributed by atoms with Crippen LogP contribution in [0.5, 0.6) is 5.88 Å². The molecule has 3 heteroatoms. The molecule has 15 heavy (non-hydrogen) atoms. The van der Waals surface area contributed by atoms with Gasteiger partial charge in [0.25, 0.3) is 0 Å². The zero-order valence-corrected chi connectivity index (χ0v) is 8.27. The van der Waals surface area contributed by atoms with Crippen molar-refractivity contribution in [3.63, 3.8) is 0 Å². The number of hydrogen-bond donors (Lipinski definition) is 0. The zero-order chi connectivity index (χ0) is 10.7. The van der Waals surface area contributed by atoms with E-state index < -0.39 is 0 Å². The second-order valence-corrected chi connectivity index (χ2v) is 3.07. The third-order valence-electron chi connectivity index (χ3n) is 2.12. The van der Waals surface area contributed by atoms with Crippen LogP contribution in [0.25, 0.3) is 11.1 Å². The summed E-state index contributed by atoms with van der Waals surface area (Å²) in [4.78, 5) is 3.97. The van der Waals surface area contributed by atoms with Crippen molar-refractivity contribution in [1.82, 2.24) is 4.98 Å². The molecule has 2 aromatic rings. The van der Waals surface area contributed by atoms with Crippen molar-refractivity contribution in [3.8, 4) is 17.0 Å². The van der Waals surface area contributed by atoms with E-state index >= 15 is 0 Å². The van der Waals surface area contributed by atoms with Crippen LogP contribution in [0.1, 0.15) is 0 Å². The molecule has 0 amide bonds. The minimum absolute atomic E-state index is 0.284. The van der Waals surface area contributed by atoms with E-state index in [4.69, 9.17) is 4.74 Å². The molecule has 0 bridgehead atoms. The first kappa shape index (κ1) is 9.65. The van der Waals surface area contributed by atoms with Crippen molar-refractivity contribution in [3.05, 3.63) is 48.4 Å². The van der Waals surface area contributed by atoms with Gasteiger partial charge in [0.1, 0.15) is 5.82 Å². The van der Waals surface area contributed by atoms with E-state index in [9.17, 15) is 4.39 Å². The lowest BCUT2D eigenvalue weighted by molar-refractivity contribution is 0.394. The topological polar surface area (TPSA) is 22.1 Å². The lowest BCUT2D eigenvalue weighted by Gasteiger charge is -2.04. The summed E-state index contributed by atoms with van der Waals surface area (Å²) in [6, 6.07) is 10.6. The van der Waals surface area contributed by atoms with Gasteiger partial charge >= 0.3 is 0 Å². The SMILES string of the molecule is COc1cc(F)c(-c2ccccc2)cn1. The fourth-order valence-corrected chi connectivity index (χ4v) is 1.36. The van der Waals surface area contributed by atoms with Crippen LogP contribution < -0.4 is 4.74 Å². The molecule has 2 rings (SSSR count). The van der Waals surface area contributed by atoms with Gasteiger partial charge in [-0.25, -0.2) is 9.37 Å². The Hall–Kier alpha value is -1.90. The van der Waals surface area contributed by atoms with Gasteiger partial charge in [-0.3, -0.25) is 0 Å². The number of pyridine rings is 1. The Morgan fingerprint density at radius 2 is 1.93 bits per heavy atom. The smallest absolute Gasteiger partial charge is 0.215 e. The van der Waals surface area contributed by atoms with Gasteiger partial charge in [-0.15, -0.1) is 0 Å². The number of hydrogen-bond acceptors (Lipinski definition) is 2. The molecule has 2 nitrogen and oxygen atoms in total. The normalized spacial score (nSPS) is 10.0. The van der Waals surface area contributed by atoms with Gasteiger partial charge in [-0.1, -0.05) is 30.3 Å². The van der Waals surface area contributed by atoms with Gasteiger partial charge in [0.15, 0.2) is 0 Å². The summed E-state index contributed by atoms with van der Waals surface area (Å²) in [5.41, 5.74) is 1.29. The number of nitrogens with zero attached hydrogens (tertiary/aromatic N) is 1. The minimum Gasteiger partial charge on any atom is -0.481 e. The highest BCUT2D eigenvalue weighted by Crippen LogP contribution is 2.23. The number of benzene rings is 1. The maximum atomic E-state index is 13.6. The molecule has 0 aliphatic rings. The van der Waals surface area contributed by atoms with Gasteiger partial charge in [-0.2, -0.15) is 0 Å². The molecule has 0 aliphatic carbocycles. The lowest BCUT2D eigenvalue weighted by Crippen LogP contribution is -1.91. The van der Waals surface area contributed by atoms with Crippen LogP contribution in [-0.4, -0.2) is 12.1 Å². The first-order chi connectivity index (χ1) is 7.31. The molecule has 0 radical (unpaired) electrons. The van der Waals surface area contributed by atoms with E-state index in [0.29, 0.717) is 5.56 Å². The summed E-state index contributed by atoms with van der Waals surface area (Å²) in [5.74, 6) is -0.0415. The number of ether oxygens (including phenoxy) is 1. The predicted molar refractivity (Wildman–Crippen MR) is 56.2 cm³/mol. The van der Waals surface area contributed by atoms with Crippen molar-refractivity contribution < 1.29 is 9.13 Å². The van der Waals surface area contributed by atoms with Crippen LogP contribution in [0.15, 0.2) is 42.6 Å². The average Bonchev–Trinajstić information content (AvgIpc) is 2.30. The number of rotatable bonds is 2. The van der Waals surface area contributed by atoms with Crippen LogP contribution in [0, 0.1) is 5.82 Å². The molecular formula is C12H10FNO. The highest BCUT2D eigenvalue weighted by molar-refractivity contribution is 5.63. The zero-order valence-electron chi connectivity index (χ0n) is 8.27. The first-order valence-electron chi connectivity index (χ1n) is 4.56. The summed E-state index contributed by atoms with van der Waals surface area (Å²) in [5, 5.41) is 0. The molecule has 0 saturated heterocycles. The summed E-state index contributed by atoms with van der Waals surface area (Å²) in [6.45, 7) is 0. The number of methoxy groups -OCH3 is 1. The molecule has 1 aromatic carbocycles. The monoisotopic (exact) mass is 203 g/mol. The van der Waals surface area contributed by atoms with E-state index in [1.165, 1.54) is 19.4 Å². The minimum atomic E-state index is -0.326. The Labute approximate surface area is 87.4 Å². The molecule has 0 fully saturated rings. The molecule has 0 spiro atoms. The molecule has 0 unspecified atom stereocenters. The van der Waals surface area contributed by atoms with Gasteiger partial charge in [0.2, 0.25) is 5.88 Å². The van der Waals surface area contributed by atoms with E-state index in [0.717, 1.165) is 5.56 Å². The largest absolute Gasteiger partial charge is 0.481 e. The highest BCUT2D eigenvalue weighted by Gasteiger charge is 2.06. The van der Waals surface area contributed by atoms with Crippen molar-refractivity contribution in [2.45, 2.75) is 0 Å². The molecule has 0 saturated carbocycles. The summed E-state index contributed by atoms with van der Waals surface area (Å²) >= 11 is 0. The van der Waals surface area contributed by atoms with Crippen LogP contribution in [0.2, 0.25) is 0 Å². The maximum Gasteiger partial charge on any atom is 0.215 e. The average molecular weight is 203 g/mol. The van der Waals surface area contributed by atoms with Crippen molar-refractivity contribution >= 4 is 0 Å². The molecule has 76 valence electrons. The Morgan fingerprint density at radius 1 is 1.20 bits per heavy atom. The Kier molecular flexibility index (Phi) is 2.63. The van der Waals surface area contributed by atoms with Gasteiger partial charge in [-0.05, 0) is 5.56 Å². The van der Waals surface area contributed by atoms with Gasteiger partial charge in [0, 0.05) is 17.8 Å². The first-order valence-corrected chi connectivity index (χ1v) is 4.56. The molecule has 1 aromatic heterocycles. The van der Waals surface area contributed by atoms with E-state index in [2.05, 4.69) is 4.98 Å². The third-order valence-corrected chi connectivity index (χ3v) is 2.12. The van der Waals surface area contributed by atoms with Crippen LogP contribution in [0.4, 0.5) is 4.39 Å². The van der Waals surface area contributed by atoms with Crippen molar-refractivity contribution in [2.24, 2.45) is 0 Å². The molecule has 0 atom stereocenters. The molecule has 0 N–H and O–H groups in total. The molecule has 1 heterocycles. The Balaban J connectivity index is 2.46. The number of aromatic nitrogens is 1. The van der Waals surface area contributed by atoms with Crippen molar-refractivity contribution in [1.29, 1.82) is 0 Å². The molecule has 0 aliphatic heterocycles. The highest BCUT2D eigenvalue weighted by atomic mass is 19.1. The fraction of sp³-hybridized carbons (Fsp3) is 0.0833. The second-order valence-electron chi connectivity index (χ2n) is 3.07. The maximum absolute atomic E-state index is 13.6. The van der Waals surface area contributed by atoms with Crippen LogP contribution in [0.3, 0.4) is 0 Å². The quantitative estimate of drug-likeness (QED) is 0.748. The summed E-state index contributed by atoms with van der Waals surface area (Å²) < 4.78 is 18.4. The van der Waals surface area contributed by atoms with E-state index in [-0.39, 0.29) is 11.7 Å². The Bertz CT molecular complexity index is 456. The Morgan fingerprint density at radius 3 is 2.53 bits per heavy atom. The van der Waals surface area contributed by atoms with Gasteiger partial charge < -0.3 is 4.74 Å². The predicted octanol–water partition coefficient (Wildman–Crippen LogP) is 2.90. The van der Waals surface area contributed by atoms with E-state index in [1.807, 2.05) is 30.3 Å². The molecular weight excluding hydrogens is 193 g/mol. The number of halogens is 1. The van der Waals surface area contributed by atoms with Crippen LogP contribution >= 0.6 is 0 Å². The second kappa shape index (κ2) is 4.09. The summed E-state index contributed by atoms with van der Waals surface area (Å²) in [6.07, 6.45) is 1.48. The summed E-state index contributed by atoms with van der Waals surface area (Å²) in [7, 11) is 1.46.